The smallest absolute Gasteiger partial charge is 0.242 e. The van der Waals surface area contributed by atoms with Crippen molar-refractivity contribution in [2.24, 2.45) is 0 Å². The van der Waals surface area contributed by atoms with E-state index in [4.69, 9.17) is 5.73 Å². The highest BCUT2D eigenvalue weighted by molar-refractivity contribution is 5.84. The molecule has 0 aromatic carbocycles. The average Bonchev–Trinajstić information content (AvgIpc) is 2.16. The van der Waals surface area contributed by atoms with Crippen LogP contribution in [0.25, 0.3) is 0 Å². The first-order chi connectivity index (χ1) is 7.49. The fourth-order valence-electron chi connectivity index (χ4n) is 1.15. The molecule has 1 rings (SSSR count). The van der Waals surface area contributed by atoms with E-state index in [-0.39, 0.29) is 18.0 Å². The molecule has 0 aliphatic rings. The van der Waals surface area contributed by atoms with E-state index in [1.54, 1.807) is 13.0 Å². The van der Waals surface area contributed by atoms with E-state index in [1.165, 1.54) is 6.33 Å². The van der Waals surface area contributed by atoms with Gasteiger partial charge in [0.1, 0.15) is 24.0 Å². The first-order valence-corrected chi connectivity index (χ1v) is 5.13. The van der Waals surface area contributed by atoms with Gasteiger partial charge in [-0.25, -0.2) is 9.97 Å². The normalized spacial score (nSPS) is 12.2. The van der Waals surface area contributed by atoms with Gasteiger partial charge in [0.05, 0.1) is 0 Å². The molecule has 1 atom stereocenters. The number of hydrogen-bond donors (Lipinski definition) is 3. The van der Waals surface area contributed by atoms with Crippen molar-refractivity contribution in [3.63, 3.8) is 0 Å². The Morgan fingerprint density at radius 3 is 2.62 bits per heavy atom. The van der Waals surface area contributed by atoms with Crippen LogP contribution < -0.4 is 16.4 Å². The van der Waals surface area contributed by atoms with Crippen molar-refractivity contribution in [1.29, 1.82) is 0 Å². The molecular weight excluding hydrogens is 206 g/mol. The molecule has 6 nitrogen and oxygen atoms in total. The van der Waals surface area contributed by atoms with E-state index < -0.39 is 0 Å². The molecule has 88 valence electrons. The van der Waals surface area contributed by atoms with Gasteiger partial charge < -0.3 is 16.4 Å². The Hall–Kier alpha value is -1.85. The standard InChI is InChI=1S/C10H17N5O/c1-6(2)14-10(16)7(3)15-9-4-8(11)12-5-13-9/h4-7H,1-3H3,(H,14,16)(H3,11,12,13,15). The van der Waals surface area contributed by atoms with Crippen molar-refractivity contribution in [2.45, 2.75) is 32.9 Å². The number of anilines is 2. The average molecular weight is 223 g/mol. The molecule has 0 spiro atoms. The maximum atomic E-state index is 11.6. The molecule has 4 N–H and O–H groups in total. The summed E-state index contributed by atoms with van der Waals surface area (Å²) >= 11 is 0. The van der Waals surface area contributed by atoms with Gasteiger partial charge >= 0.3 is 0 Å². The summed E-state index contributed by atoms with van der Waals surface area (Å²) in [5.41, 5.74) is 5.50. The Morgan fingerprint density at radius 1 is 1.38 bits per heavy atom. The molecule has 0 saturated heterocycles. The molecule has 1 unspecified atom stereocenters. The highest BCUT2D eigenvalue weighted by Gasteiger charge is 2.13. The van der Waals surface area contributed by atoms with Gasteiger partial charge in [0.2, 0.25) is 5.91 Å². The first-order valence-electron chi connectivity index (χ1n) is 5.13. The lowest BCUT2D eigenvalue weighted by Gasteiger charge is -2.16. The van der Waals surface area contributed by atoms with E-state index in [0.29, 0.717) is 11.6 Å². The highest BCUT2D eigenvalue weighted by atomic mass is 16.2. The summed E-state index contributed by atoms with van der Waals surface area (Å²) in [7, 11) is 0. The van der Waals surface area contributed by atoms with Gasteiger partial charge in [0.15, 0.2) is 0 Å². The van der Waals surface area contributed by atoms with Crippen LogP contribution in [0.2, 0.25) is 0 Å². The Labute approximate surface area is 94.7 Å². The van der Waals surface area contributed by atoms with Crippen molar-refractivity contribution in [1.82, 2.24) is 15.3 Å². The monoisotopic (exact) mass is 223 g/mol. The lowest BCUT2D eigenvalue weighted by Crippen LogP contribution is -2.41. The third-order valence-corrected chi connectivity index (χ3v) is 1.88. The fraction of sp³-hybridized carbons (Fsp3) is 0.500. The minimum atomic E-state index is -0.364. The van der Waals surface area contributed by atoms with E-state index in [2.05, 4.69) is 20.6 Å². The van der Waals surface area contributed by atoms with Gasteiger partial charge in [0, 0.05) is 12.1 Å². The Morgan fingerprint density at radius 2 is 2.06 bits per heavy atom. The molecule has 6 heteroatoms. The molecule has 1 aromatic heterocycles. The van der Waals surface area contributed by atoms with E-state index in [0.717, 1.165) is 0 Å². The van der Waals surface area contributed by atoms with Crippen LogP contribution in [0.3, 0.4) is 0 Å². The van der Waals surface area contributed by atoms with Gasteiger partial charge in [-0.1, -0.05) is 0 Å². The van der Waals surface area contributed by atoms with E-state index in [1.807, 2.05) is 13.8 Å². The summed E-state index contributed by atoms with van der Waals surface area (Å²) in [6, 6.07) is 1.34. The fourth-order valence-corrected chi connectivity index (χ4v) is 1.15. The molecule has 1 aromatic rings. The molecule has 1 heterocycles. The predicted molar refractivity (Wildman–Crippen MR) is 62.8 cm³/mol. The van der Waals surface area contributed by atoms with Crippen LogP contribution in [-0.2, 0) is 4.79 Å². The van der Waals surface area contributed by atoms with Crippen molar-refractivity contribution in [2.75, 3.05) is 11.1 Å². The topological polar surface area (TPSA) is 92.9 Å². The zero-order valence-electron chi connectivity index (χ0n) is 9.69. The second-order valence-corrected chi connectivity index (χ2v) is 3.86. The third-order valence-electron chi connectivity index (χ3n) is 1.88. The molecule has 0 aliphatic heterocycles. The number of hydrogen-bond acceptors (Lipinski definition) is 5. The number of carbonyl (C=O) groups excluding carboxylic acids is 1. The summed E-state index contributed by atoms with van der Waals surface area (Å²) in [6.07, 6.45) is 1.35. The second kappa shape index (κ2) is 5.29. The molecule has 0 radical (unpaired) electrons. The summed E-state index contributed by atoms with van der Waals surface area (Å²) in [5.74, 6) is 0.833. The molecular formula is C10H17N5O. The van der Waals surface area contributed by atoms with Crippen LogP contribution in [0.5, 0.6) is 0 Å². The molecule has 1 amide bonds. The molecule has 0 saturated carbocycles. The largest absolute Gasteiger partial charge is 0.384 e. The predicted octanol–water partition coefficient (Wildman–Crippen LogP) is 0.384. The number of amides is 1. The molecule has 16 heavy (non-hydrogen) atoms. The number of nitrogens with one attached hydrogen (secondary N) is 2. The van der Waals surface area contributed by atoms with Crippen molar-refractivity contribution in [3.8, 4) is 0 Å². The Balaban J connectivity index is 2.57. The highest BCUT2D eigenvalue weighted by Crippen LogP contribution is 2.06. The second-order valence-electron chi connectivity index (χ2n) is 3.86. The molecule has 0 bridgehead atoms. The zero-order valence-corrected chi connectivity index (χ0v) is 9.69. The van der Waals surface area contributed by atoms with Crippen LogP contribution >= 0.6 is 0 Å². The summed E-state index contributed by atoms with van der Waals surface area (Å²) in [4.78, 5) is 19.3. The van der Waals surface area contributed by atoms with Crippen LogP contribution in [0.15, 0.2) is 12.4 Å². The lowest BCUT2D eigenvalue weighted by molar-refractivity contribution is -0.122. The SMILES string of the molecule is CC(C)NC(=O)C(C)Nc1cc(N)ncn1. The summed E-state index contributed by atoms with van der Waals surface area (Å²) in [5, 5.41) is 5.75. The number of rotatable bonds is 4. The van der Waals surface area contributed by atoms with E-state index in [9.17, 15) is 4.79 Å². The van der Waals surface area contributed by atoms with Crippen LogP contribution in [-0.4, -0.2) is 28.0 Å². The molecule has 0 aliphatic carbocycles. The van der Waals surface area contributed by atoms with Crippen LogP contribution in [0, 0.1) is 0 Å². The van der Waals surface area contributed by atoms with Gasteiger partial charge in [-0.2, -0.15) is 0 Å². The zero-order chi connectivity index (χ0) is 12.1. The number of nitrogens with zero attached hydrogens (tertiary/aromatic N) is 2. The van der Waals surface area contributed by atoms with Gasteiger partial charge in [-0.05, 0) is 20.8 Å². The van der Waals surface area contributed by atoms with Gasteiger partial charge in [-0.15, -0.1) is 0 Å². The van der Waals surface area contributed by atoms with Gasteiger partial charge in [0.25, 0.3) is 0 Å². The number of carbonyl (C=O) groups is 1. The lowest BCUT2D eigenvalue weighted by atomic mass is 10.3. The maximum absolute atomic E-state index is 11.6. The van der Waals surface area contributed by atoms with Crippen LogP contribution in [0.1, 0.15) is 20.8 Å². The minimum absolute atomic E-state index is 0.0767. The minimum Gasteiger partial charge on any atom is -0.384 e. The van der Waals surface area contributed by atoms with Crippen molar-refractivity contribution < 1.29 is 4.79 Å². The summed E-state index contributed by atoms with van der Waals surface area (Å²) in [6.45, 7) is 5.58. The van der Waals surface area contributed by atoms with Crippen molar-refractivity contribution in [3.05, 3.63) is 12.4 Å². The third kappa shape index (κ3) is 3.72. The first kappa shape index (κ1) is 12.2. The van der Waals surface area contributed by atoms with Crippen molar-refractivity contribution >= 4 is 17.5 Å². The number of aromatic nitrogens is 2. The van der Waals surface area contributed by atoms with E-state index >= 15 is 0 Å². The quantitative estimate of drug-likeness (QED) is 0.686. The summed E-state index contributed by atoms with van der Waals surface area (Å²) < 4.78 is 0. The van der Waals surface area contributed by atoms with Crippen LogP contribution in [0.4, 0.5) is 11.6 Å². The number of nitrogens with two attached hydrogens (primary N) is 1. The Bertz CT molecular complexity index is 366. The molecule has 0 fully saturated rings. The Kier molecular flexibility index (Phi) is 4.04. The maximum Gasteiger partial charge on any atom is 0.242 e. The number of nitrogen functional groups attached to an aromatic ring is 1. The van der Waals surface area contributed by atoms with Gasteiger partial charge in [-0.3, -0.25) is 4.79 Å².